The molecule has 210 valence electrons. The molecule has 1 aliphatic heterocycles. The Bertz CT molecular complexity index is 1670. The number of nitrogens with zero attached hydrogens (tertiary/aromatic N) is 5. The van der Waals surface area contributed by atoms with Crippen molar-refractivity contribution in [3.05, 3.63) is 93.4 Å². The summed E-state index contributed by atoms with van der Waals surface area (Å²) in [5.41, 5.74) is 3.23. The summed E-state index contributed by atoms with van der Waals surface area (Å²) in [5.74, 6) is -0.144. The lowest BCUT2D eigenvalue weighted by molar-refractivity contribution is -0.129. The van der Waals surface area contributed by atoms with Crippen LogP contribution in [-0.2, 0) is 16.1 Å². The molecule has 2 aromatic heterocycles. The Morgan fingerprint density at radius 3 is 2.17 bits per heavy atom. The molecule has 0 bridgehead atoms. The van der Waals surface area contributed by atoms with Crippen molar-refractivity contribution in [2.45, 2.75) is 20.4 Å². The number of methoxy groups -OCH3 is 1. The number of hydrogen-bond donors (Lipinski definition) is 1. The monoisotopic (exact) mass is 554 g/mol. The van der Waals surface area contributed by atoms with Crippen molar-refractivity contribution < 1.29 is 19.1 Å². The Kier molecular flexibility index (Phi) is 7.77. The van der Waals surface area contributed by atoms with E-state index < -0.39 is 5.97 Å². The second kappa shape index (κ2) is 11.6. The first-order valence-electron chi connectivity index (χ1n) is 13.2. The number of nitrogens with one attached hydrogen (secondary N) is 1. The molecule has 41 heavy (non-hydrogen) atoms. The molecule has 5 rings (SSSR count). The number of aryl methyl sites for hydroxylation is 1. The van der Waals surface area contributed by atoms with Gasteiger partial charge in [-0.15, -0.1) is 0 Å². The minimum absolute atomic E-state index is 0.0421. The van der Waals surface area contributed by atoms with Gasteiger partial charge in [0.2, 0.25) is 11.9 Å². The van der Waals surface area contributed by atoms with Gasteiger partial charge in [0.05, 0.1) is 24.1 Å². The van der Waals surface area contributed by atoms with E-state index in [2.05, 4.69) is 10.3 Å². The molecule has 11 nitrogen and oxygen atoms in total. The predicted octanol–water partition coefficient (Wildman–Crippen LogP) is 2.47. The molecule has 1 saturated heterocycles. The summed E-state index contributed by atoms with van der Waals surface area (Å²) in [5, 5.41) is 3.61. The second-order valence-corrected chi connectivity index (χ2v) is 9.76. The van der Waals surface area contributed by atoms with Crippen molar-refractivity contribution >= 4 is 34.8 Å². The van der Waals surface area contributed by atoms with Crippen LogP contribution >= 0.6 is 0 Å². The van der Waals surface area contributed by atoms with Crippen LogP contribution in [0.2, 0.25) is 0 Å². The fourth-order valence-electron chi connectivity index (χ4n) is 4.79. The molecule has 2 aromatic carbocycles. The van der Waals surface area contributed by atoms with Crippen LogP contribution in [0, 0.1) is 6.92 Å². The molecule has 11 heteroatoms. The van der Waals surface area contributed by atoms with Gasteiger partial charge in [-0.2, -0.15) is 4.98 Å². The smallest absolute Gasteiger partial charge is 0.337 e. The lowest BCUT2D eigenvalue weighted by Gasteiger charge is -2.34. The number of fused-ring (bicyclic) bond motifs is 1. The number of hydrogen-bond acceptors (Lipinski definition) is 8. The van der Waals surface area contributed by atoms with Gasteiger partial charge in [-0.1, -0.05) is 12.1 Å². The SMILES string of the molecule is COC(=O)c1ccc(CNC(=O)c2ccc(-n3c(=O)ccc4c(C)nc(N5CCN(C(C)=O)CC5)nc43)cc2)cc1. The van der Waals surface area contributed by atoms with E-state index in [-0.39, 0.29) is 23.9 Å². The van der Waals surface area contributed by atoms with Crippen LogP contribution in [-0.4, -0.2) is 70.5 Å². The zero-order chi connectivity index (χ0) is 29.1. The third-order valence-electron chi connectivity index (χ3n) is 7.15. The number of carbonyl (C=O) groups excluding carboxylic acids is 3. The van der Waals surface area contributed by atoms with Gasteiger partial charge < -0.3 is 19.9 Å². The maximum absolute atomic E-state index is 13.1. The first-order valence-corrected chi connectivity index (χ1v) is 13.2. The van der Waals surface area contributed by atoms with Gasteiger partial charge in [0.15, 0.2) is 5.65 Å². The van der Waals surface area contributed by atoms with Gasteiger partial charge in [0, 0.05) is 56.7 Å². The number of ether oxygens (including phenoxy) is 1. The first kappa shape index (κ1) is 27.5. The number of aromatic nitrogens is 3. The molecule has 4 aromatic rings. The molecule has 2 amide bonds. The van der Waals surface area contributed by atoms with Crippen molar-refractivity contribution in [3.8, 4) is 5.69 Å². The van der Waals surface area contributed by atoms with Crippen molar-refractivity contribution in [2.24, 2.45) is 0 Å². The first-order chi connectivity index (χ1) is 19.7. The molecular weight excluding hydrogens is 524 g/mol. The summed E-state index contributed by atoms with van der Waals surface area (Å²) in [6.45, 7) is 6.09. The van der Waals surface area contributed by atoms with Crippen molar-refractivity contribution in [1.82, 2.24) is 24.8 Å². The Labute approximate surface area is 236 Å². The molecule has 3 heterocycles. The molecule has 0 radical (unpaired) electrons. The highest BCUT2D eigenvalue weighted by Gasteiger charge is 2.22. The number of piperazine rings is 1. The predicted molar refractivity (Wildman–Crippen MR) is 153 cm³/mol. The average Bonchev–Trinajstić information content (AvgIpc) is 2.99. The summed E-state index contributed by atoms with van der Waals surface area (Å²) >= 11 is 0. The van der Waals surface area contributed by atoms with Gasteiger partial charge >= 0.3 is 5.97 Å². The molecule has 1 fully saturated rings. The van der Waals surface area contributed by atoms with Gasteiger partial charge in [-0.05, 0) is 55.0 Å². The summed E-state index contributed by atoms with van der Waals surface area (Å²) in [6, 6.07) is 16.7. The zero-order valence-electron chi connectivity index (χ0n) is 23.1. The topological polar surface area (TPSA) is 127 Å². The number of amides is 2. The van der Waals surface area contributed by atoms with E-state index in [0.29, 0.717) is 54.6 Å². The van der Waals surface area contributed by atoms with Crippen LogP contribution in [0.4, 0.5) is 5.95 Å². The van der Waals surface area contributed by atoms with Gasteiger partial charge in [-0.25, -0.2) is 9.78 Å². The third-order valence-corrected chi connectivity index (χ3v) is 7.15. The van der Waals surface area contributed by atoms with Crippen LogP contribution in [0.3, 0.4) is 0 Å². The summed E-state index contributed by atoms with van der Waals surface area (Å²) < 4.78 is 6.22. The highest BCUT2D eigenvalue weighted by Crippen LogP contribution is 2.22. The largest absolute Gasteiger partial charge is 0.465 e. The minimum atomic E-state index is -0.420. The summed E-state index contributed by atoms with van der Waals surface area (Å²) in [4.78, 5) is 62.4. The Balaban J connectivity index is 1.36. The van der Waals surface area contributed by atoms with Crippen LogP contribution in [0.1, 0.15) is 38.9 Å². The molecule has 1 N–H and O–H groups in total. The van der Waals surface area contributed by atoms with E-state index in [1.807, 2.05) is 11.8 Å². The summed E-state index contributed by atoms with van der Waals surface area (Å²) in [6.07, 6.45) is 0. The van der Waals surface area contributed by atoms with Crippen LogP contribution in [0.15, 0.2) is 65.5 Å². The number of carbonyl (C=O) groups is 3. The molecule has 0 unspecified atom stereocenters. The van der Waals surface area contributed by atoms with Gasteiger partial charge in [0.1, 0.15) is 0 Å². The zero-order valence-corrected chi connectivity index (χ0v) is 23.1. The number of rotatable bonds is 6. The van der Waals surface area contributed by atoms with Gasteiger partial charge in [-0.3, -0.25) is 19.0 Å². The standard InChI is InChI=1S/C30H30N6O5/c1-19-25-12-13-26(38)36(27(25)33-30(32-19)35-16-14-34(15-17-35)20(2)37)24-10-8-22(9-11-24)28(39)31-18-21-4-6-23(7-5-21)29(40)41-3/h4-13H,14-18H2,1-3H3,(H,31,39). The second-order valence-electron chi connectivity index (χ2n) is 9.76. The number of benzene rings is 2. The fraction of sp³-hybridized carbons (Fsp3) is 0.267. The van der Waals surface area contributed by atoms with E-state index in [0.717, 1.165) is 16.6 Å². The number of esters is 1. The maximum atomic E-state index is 13.1. The van der Waals surface area contributed by atoms with E-state index >= 15 is 0 Å². The average molecular weight is 555 g/mol. The normalized spacial score (nSPS) is 13.2. The van der Waals surface area contributed by atoms with E-state index in [1.165, 1.54) is 17.7 Å². The molecule has 0 saturated carbocycles. The Hall–Kier alpha value is -5.06. The van der Waals surface area contributed by atoms with Crippen molar-refractivity contribution in [3.63, 3.8) is 0 Å². The van der Waals surface area contributed by atoms with E-state index in [4.69, 9.17) is 9.72 Å². The van der Waals surface area contributed by atoms with Crippen LogP contribution < -0.4 is 15.8 Å². The van der Waals surface area contributed by atoms with Crippen LogP contribution in [0.25, 0.3) is 16.7 Å². The Morgan fingerprint density at radius 1 is 0.878 bits per heavy atom. The highest BCUT2D eigenvalue weighted by molar-refractivity contribution is 5.94. The maximum Gasteiger partial charge on any atom is 0.337 e. The summed E-state index contributed by atoms with van der Waals surface area (Å²) in [7, 11) is 1.32. The quantitative estimate of drug-likeness (QED) is 0.360. The molecule has 1 aliphatic rings. The van der Waals surface area contributed by atoms with Gasteiger partial charge in [0.25, 0.3) is 11.5 Å². The number of pyridine rings is 1. The molecular formula is C30H30N6O5. The fourth-order valence-corrected chi connectivity index (χ4v) is 4.79. The third kappa shape index (κ3) is 5.79. The lowest BCUT2D eigenvalue weighted by Crippen LogP contribution is -2.48. The van der Waals surface area contributed by atoms with E-state index in [9.17, 15) is 19.2 Å². The van der Waals surface area contributed by atoms with Crippen LogP contribution in [0.5, 0.6) is 0 Å². The Morgan fingerprint density at radius 2 is 1.54 bits per heavy atom. The minimum Gasteiger partial charge on any atom is -0.465 e. The van der Waals surface area contributed by atoms with Crippen molar-refractivity contribution in [2.75, 3.05) is 38.2 Å². The molecule has 0 atom stereocenters. The lowest BCUT2D eigenvalue weighted by atomic mass is 10.1. The van der Waals surface area contributed by atoms with Crippen molar-refractivity contribution in [1.29, 1.82) is 0 Å². The highest BCUT2D eigenvalue weighted by atomic mass is 16.5. The molecule has 0 aliphatic carbocycles. The van der Waals surface area contributed by atoms with E-state index in [1.54, 1.807) is 66.4 Å². The molecule has 0 spiro atoms. The number of anilines is 1.